The van der Waals surface area contributed by atoms with E-state index in [0.717, 1.165) is 5.56 Å². The molecule has 0 saturated carbocycles. The summed E-state index contributed by atoms with van der Waals surface area (Å²) in [5, 5.41) is 18.0. The minimum Gasteiger partial charge on any atom is -0.504 e. The lowest BCUT2D eigenvalue weighted by atomic mass is 10.1. The van der Waals surface area contributed by atoms with Crippen LogP contribution in [0.15, 0.2) is 18.2 Å². The number of carbonyl (C=O) groups is 1. The molecule has 0 atom stereocenters. The third-order valence-electron chi connectivity index (χ3n) is 1.47. The SMILES string of the molecule is NC(N)=O.NCCc1ccc(O)c(O)c1. The van der Waals surface area contributed by atoms with E-state index in [1.807, 2.05) is 0 Å². The van der Waals surface area contributed by atoms with Gasteiger partial charge in [-0.05, 0) is 30.7 Å². The smallest absolute Gasteiger partial charge is 0.309 e. The van der Waals surface area contributed by atoms with Crippen molar-refractivity contribution in [1.29, 1.82) is 0 Å². The molecule has 2 amide bonds. The van der Waals surface area contributed by atoms with Crippen LogP contribution in [0.5, 0.6) is 11.5 Å². The van der Waals surface area contributed by atoms with Gasteiger partial charge in [-0.1, -0.05) is 6.07 Å². The maximum atomic E-state index is 9.04. The highest BCUT2D eigenvalue weighted by molar-refractivity contribution is 5.69. The molecule has 1 aromatic rings. The molecule has 0 aliphatic carbocycles. The third-order valence-corrected chi connectivity index (χ3v) is 1.47. The first-order valence-electron chi connectivity index (χ1n) is 4.23. The number of amides is 2. The Morgan fingerprint density at radius 1 is 1.20 bits per heavy atom. The highest BCUT2D eigenvalue weighted by Crippen LogP contribution is 2.24. The molecule has 15 heavy (non-hydrogen) atoms. The molecule has 0 aliphatic rings. The Morgan fingerprint density at radius 3 is 2.13 bits per heavy atom. The second-order valence-corrected chi connectivity index (χ2v) is 2.76. The summed E-state index contributed by atoms with van der Waals surface area (Å²) in [7, 11) is 0. The molecular weight excluding hydrogens is 198 g/mol. The van der Waals surface area contributed by atoms with Crippen molar-refractivity contribution < 1.29 is 15.0 Å². The second kappa shape index (κ2) is 6.50. The summed E-state index contributed by atoms with van der Waals surface area (Å²) in [6.07, 6.45) is 0.716. The molecule has 0 unspecified atom stereocenters. The number of hydrogen-bond donors (Lipinski definition) is 5. The molecule has 1 rings (SSSR count). The zero-order valence-corrected chi connectivity index (χ0v) is 8.18. The van der Waals surface area contributed by atoms with Gasteiger partial charge in [0, 0.05) is 0 Å². The monoisotopic (exact) mass is 213 g/mol. The number of aromatic hydroxyl groups is 2. The topological polar surface area (TPSA) is 136 Å². The number of nitrogens with two attached hydrogens (primary N) is 3. The lowest BCUT2D eigenvalue weighted by molar-refractivity contribution is 0.256. The van der Waals surface area contributed by atoms with Crippen molar-refractivity contribution >= 4 is 6.03 Å². The number of benzene rings is 1. The van der Waals surface area contributed by atoms with E-state index in [9.17, 15) is 0 Å². The zero-order valence-electron chi connectivity index (χ0n) is 8.18. The van der Waals surface area contributed by atoms with Crippen LogP contribution in [0.25, 0.3) is 0 Å². The molecule has 8 N–H and O–H groups in total. The van der Waals surface area contributed by atoms with E-state index in [-0.39, 0.29) is 11.5 Å². The van der Waals surface area contributed by atoms with E-state index >= 15 is 0 Å². The van der Waals surface area contributed by atoms with Crippen LogP contribution in [-0.4, -0.2) is 22.8 Å². The molecule has 0 aliphatic heterocycles. The van der Waals surface area contributed by atoms with Crippen molar-refractivity contribution in [1.82, 2.24) is 0 Å². The molecule has 1 aromatic carbocycles. The molecule has 0 saturated heterocycles. The van der Waals surface area contributed by atoms with Crippen LogP contribution in [0.1, 0.15) is 5.56 Å². The minimum atomic E-state index is -0.833. The van der Waals surface area contributed by atoms with Gasteiger partial charge in [-0.25, -0.2) is 4.79 Å². The van der Waals surface area contributed by atoms with E-state index in [0.29, 0.717) is 13.0 Å². The van der Waals surface area contributed by atoms with Crippen LogP contribution in [0.2, 0.25) is 0 Å². The van der Waals surface area contributed by atoms with E-state index in [2.05, 4.69) is 11.5 Å². The Balaban J connectivity index is 0.000000423. The summed E-state index contributed by atoms with van der Waals surface area (Å²) < 4.78 is 0. The molecule has 6 heteroatoms. The first-order chi connectivity index (χ1) is 6.97. The largest absolute Gasteiger partial charge is 0.504 e. The van der Waals surface area contributed by atoms with Gasteiger partial charge in [0.05, 0.1) is 0 Å². The number of hydrogen-bond acceptors (Lipinski definition) is 4. The predicted molar refractivity (Wildman–Crippen MR) is 56.3 cm³/mol. The second-order valence-electron chi connectivity index (χ2n) is 2.76. The highest BCUT2D eigenvalue weighted by Gasteiger charge is 1.98. The molecule has 6 nitrogen and oxygen atoms in total. The van der Waals surface area contributed by atoms with Gasteiger partial charge in [0.2, 0.25) is 0 Å². The lowest BCUT2D eigenvalue weighted by Gasteiger charge is -2.00. The van der Waals surface area contributed by atoms with Crippen molar-refractivity contribution in [2.75, 3.05) is 6.54 Å². The number of phenolic OH excluding ortho intramolecular Hbond substituents is 2. The third kappa shape index (κ3) is 6.17. The van der Waals surface area contributed by atoms with Crippen LogP contribution in [-0.2, 0) is 6.42 Å². The summed E-state index contributed by atoms with van der Waals surface area (Å²) in [4.78, 5) is 9.00. The van der Waals surface area contributed by atoms with Gasteiger partial charge in [0.25, 0.3) is 0 Å². The van der Waals surface area contributed by atoms with Crippen molar-refractivity contribution in [3.05, 3.63) is 23.8 Å². The fraction of sp³-hybridized carbons (Fsp3) is 0.222. The zero-order chi connectivity index (χ0) is 11.8. The average Bonchev–Trinajstić information content (AvgIpc) is 2.11. The molecule has 0 heterocycles. The molecule has 0 radical (unpaired) electrons. The average molecular weight is 213 g/mol. The molecular formula is C9H15N3O3. The van der Waals surface area contributed by atoms with Crippen LogP contribution >= 0.6 is 0 Å². The fourth-order valence-corrected chi connectivity index (χ4v) is 0.891. The van der Waals surface area contributed by atoms with Crippen molar-refractivity contribution in [3.63, 3.8) is 0 Å². The van der Waals surface area contributed by atoms with Gasteiger partial charge in [-0.2, -0.15) is 0 Å². The summed E-state index contributed by atoms with van der Waals surface area (Å²) in [5.41, 5.74) is 14.7. The summed E-state index contributed by atoms with van der Waals surface area (Å²) >= 11 is 0. The Morgan fingerprint density at radius 2 is 1.73 bits per heavy atom. The van der Waals surface area contributed by atoms with Crippen LogP contribution < -0.4 is 17.2 Å². The fourth-order valence-electron chi connectivity index (χ4n) is 0.891. The quantitative estimate of drug-likeness (QED) is 0.428. The first kappa shape index (κ1) is 13.1. The van der Waals surface area contributed by atoms with E-state index < -0.39 is 6.03 Å². The van der Waals surface area contributed by atoms with Gasteiger partial charge in [-0.3, -0.25) is 0 Å². The van der Waals surface area contributed by atoms with Crippen molar-refractivity contribution in [2.24, 2.45) is 17.2 Å². The number of rotatable bonds is 2. The summed E-state index contributed by atoms with van der Waals surface area (Å²) in [6, 6.07) is 3.88. The summed E-state index contributed by atoms with van der Waals surface area (Å²) in [6.45, 7) is 0.546. The van der Waals surface area contributed by atoms with Gasteiger partial charge in [0.15, 0.2) is 11.5 Å². The van der Waals surface area contributed by atoms with E-state index in [4.69, 9.17) is 20.7 Å². The maximum absolute atomic E-state index is 9.04. The Labute approximate surface area is 87.3 Å². The standard InChI is InChI=1S/C8H11NO2.CH4N2O/c9-4-3-6-1-2-7(10)8(11)5-6;2-1(3)4/h1-2,5,10-11H,3-4,9H2;(H4,2,3,4). The van der Waals surface area contributed by atoms with Crippen molar-refractivity contribution in [2.45, 2.75) is 6.42 Å². The molecule has 0 spiro atoms. The Hall–Kier alpha value is -1.95. The van der Waals surface area contributed by atoms with Crippen LogP contribution in [0.3, 0.4) is 0 Å². The maximum Gasteiger partial charge on any atom is 0.309 e. The number of primary amides is 2. The number of phenols is 2. The minimum absolute atomic E-state index is 0.0871. The normalized spacial score (nSPS) is 8.87. The molecule has 0 aromatic heterocycles. The van der Waals surface area contributed by atoms with Gasteiger partial charge in [-0.15, -0.1) is 0 Å². The molecule has 84 valence electrons. The highest BCUT2D eigenvalue weighted by atomic mass is 16.3. The van der Waals surface area contributed by atoms with Gasteiger partial charge in [0.1, 0.15) is 0 Å². The number of urea groups is 1. The predicted octanol–water partition coefficient (Wildman–Crippen LogP) is -0.377. The van der Waals surface area contributed by atoms with E-state index in [1.165, 1.54) is 12.1 Å². The number of carbonyl (C=O) groups excluding carboxylic acids is 1. The van der Waals surface area contributed by atoms with Crippen molar-refractivity contribution in [3.8, 4) is 11.5 Å². The lowest BCUT2D eigenvalue weighted by Crippen LogP contribution is -2.18. The van der Waals surface area contributed by atoms with Crippen LogP contribution in [0, 0.1) is 0 Å². The van der Waals surface area contributed by atoms with Gasteiger partial charge >= 0.3 is 6.03 Å². The molecule has 0 fully saturated rings. The van der Waals surface area contributed by atoms with Gasteiger partial charge < -0.3 is 27.4 Å². The summed E-state index contributed by atoms with van der Waals surface area (Å²) in [5.74, 6) is -0.179. The van der Waals surface area contributed by atoms with E-state index in [1.54, 1.807) is 6.07 Å². The van der Waals surface area contributed by atoms with Crippen LogP contribution in [0.4, 0.5) is 4.79 Å². The Kier molecular flexibility index (Phi) is 5.65. The molecule has 0 bridgehead atoms. The Bertz CT molecular complexity index is 324. The first-order valence-corrected chi connectivity index (χ1v) is 4.23.